The number of aliphatic hydroxyl groups excluding tert-OH is 1. The van der Waals surface area contributed by atoms with Crippen molar-refractivity contribution in [1.29, 1.82) is 0 Å². The summed E-state index contributed by atoms with van der Waals surface area (Å²) in [5.74, 6) is 2.15. The van der Waals surface area contributed by atoms with Crippen molar-refractivity contribution in [1.82, 2.24) is 9.97 Å². The predicted molar refractivity (Wildman–Crippen MR) is 107 cm³/mol. The quantitative estimate of drug-likeness (QED) is 0.167. The number of terminal acetylenes is 1. The summed E-state index contributed by atoms with van der Waals surface area (Å²) in [4.78, 5) is 48.5. The van der Waals surface area contributed by atoms with E-state index in [1.807, 2.05) is 0 Å². The smallest absolute Gasteiger partial charge is 0.386 e. The first-order valence-electron chi connectivity index (χ1n) is 8.83. The molecule has 0 amide bonds. The average molecular weight is 497 g/mol. The molecule has 1 saturated heterocycles. The number of ether oxygens (including phenoxy) is 2. The van der Waals surface area contributed by atoms with Crippen LogP contribution in [0.4, 0.5) is 17.5 Å². The zero-order valence-electron chi connectivity index (χ0n) is 16.5. The van der Waals surface area contributed by atoms with Gasteiger partial charge < -0.3 is 44.8 Å². The maximum atomic E-state index is 12.2. The van der Waals surface area contributed by atoms with E-state index in [4.69, 9.17) is 31.4 Å². The van der Waals surface area contributed by atoms with E-state index in [0.717, 1.165) is 0 Å². The van der Waals surface area contributed by atoms with Crippen LogP contribution < -0.4 is 21.1 Å². The molecule has 1 unspecified atom stereocenters. The summed E-state index contributed by atoms with van der Waals surface area (Å²) in [5.41, 5.74) is 5.28. The molecule has 1 fully saturated rings. The van der Waals surface area contributed by atoms with Gasteiger partial charge in [0.25, 0.3) is 5.56 Å². The average Bonchev–Trinajstić information content (AvgIpc) is 3.13. The van der Waals surface area contributed by atoms with Gasteiger partial charge in [-0.1, -0.05) is 5.92 Å². The number of nitrogens with zero attached hydrogens (tertiary/aromatic N) is 3. The molecular formula is C14H21N5O11P2. The molecule has 7 N–H and O–H groups in total. The molecule has 0 radical (unpaired) electrons. The van der Waals surface area contributed by atoms with Gasteiger partial charge in [-0.15, -0.1) is 6.42 Å². The van der Waals surface area contributed by atoms with Crippen molar-refractivity contribution < 1.29 is 47.2 Å². The predicted octanol–water partition coefficient (Wildman–Crippen LogP) is -2.10. The number of H-pyrrole nitrogens is 1. The van der Waals surface area contributed by atoms with Crippen molar-refractivity contribution in [3.63, 3.8) is 0 Å². The first-order chi connectivity index (χ1) is 14.8. The number of nitrogen functional groups attached to an aromatic ring is 1. The summed E-state index contributed by atoms with van der Waals surface area (Å²) >= 11 is 0. The van der Waals surface area contributed by atoms with Gasteiger partial charge in [-0.3, -0.25) is 14.3 Å². The van der Waals surface area contributed by atoms with Gasteiger partial charge >= 0.3 is 15.6 Å². The maximum absolute atomic E-state index is 12.2. The van der Waals surface area contributed by atoms with Crippen LogP contribution in [0.15, 0.2) is 4.79 Å². The van der Waals surface area contributed by atoms with E-state index in [1.54, 1.807) is 7.05 Å². The van der Waals surface area contributed by atoms with Gasteiger partial charge in [-0.2, -0.15) is 9.29 Å². The number of aromatic nitrogens is 2. The van der Waals surface area contributed by atoms with Crippen LogP contribution in [0, 0.1) is 12.3 Å². The topological polar surface area (TPSA) is 230 Å². The minimum atomic E-state index is -5.33. The van der Waals surface area contributed by atoms with E-state index in [1.165, 1.54) is 9.80 Å². The second-order valence-electron chi connectivity index (χ2n) is 6.80. The molecule has 0 bridgehead atoms. The van der Waals surface area contributed by atoms with Crippen LogP contribution in [-0.4, -0.2) is 81.2 Å². The van der Waals surface area contributed by atoms with E-state index >= 15 is 0 Å². The lowest BCUT2D eigenvalue weighted by atomic mass is 10.1. The Labute approximate surface area is 180 Å². The molecule has 0 aromatic carbocycles. The molecule has 18 heteroatoms. The summed E-state index contributed by atoms with van der Waals surface area (Å²) in [6.45, 7) is -0.963. The third kappa shape index (κ3) is 5.30. The number of nitrogens with one attached hydrogen (secondary N) is 1. The molecule has 1 aromatic heterocycles. The number of phosphoric ester groups is 1. The SMILES string of the molecule is C#CCO[C@H]1[C@@H](O)[C@H](N2CN(C)c3c2nc(N)[nH]c3=O)O[C@@H]1COP(=O)(O)OP(=O)(O)O. The number of aliphatic hydroxyl groups is 1. The molecule has 32 heavy (non-hydrogen) atoms. The molecule has 178 valence electrons. The van der Waals surface area contributed by atoms with E-state index in [2.05, 4.69) is 24.7 Å². The van der Waals surface area contributed by atoms with Gasteiger partial charge in [-0.05, 0) is 0 Å². The number of rotatable bonds is 8. The molecule has 5 atom stereocenters. The summed E-state index contributed by atoms with van der Waals surface area (Å²) in [7, 11) is -8.91. The Hall–Kier alpha value is -2.02. The Bertz CT molecular complexity index is 1050. The highest BCUT2D eigenvalue weighted by Crippen LogP contribution is 2.57. The molecule has 2 aliphatic rings. The Morgan fingerprint density at radius 3 is 2.72 bits per heavy atom. The summed E-state index contributed by atoms with van der Waals surface area (Å²) < 4.78 is 42.0. The van der Waals surface area contributed by atoms with Gasteiger partial charge in [0.1, 0.15) is 30.6 Å². The normalized spacial score (nSPS) is 27.2. The number of fused-ring (bicyclic) bond motifs is 1. The fraction of sp³-hybridized carbons (Fsp3) is 0.571. The Morgan fingerprint density at radius 2 is 2.09 bits per heavy atom. The van der Waals surface area contributed by atoms with E-state index in [9.17, 15) is 23.9 Å². The lowest BCUT2D eigenvalue weighted by Crippen LogP contribution is -2.46. The molecule has 2 aliphatic heterocycles. The van der Waals surface area contributed by atoms with Gasteiger partial charge in [0.15, 0.2) is 12.0 Å². The zero-order valence-corrected chi connectivity index (χ0v) is 18.3. The highest BCUT2D eigenvalue weighted by Gasteiger charge is 2.50. The van der Waals surface area contributed by atoms with Crippen molar-refractivity contribution in [3.05, 3.63) is 10.4 Å². The van der Waals surface area contributed by atoms with E-state index < -0.39 is 52.4 Å². The van der Waals surface area contributed by atoms with Crippen LogP contribution in [0.1, 0.15) is 0 Å². The number of hydrogen-bond acceptors (Lipinski definition) is 12. The third-order valence-corrected chi connectivity index (χ3v) is 6.65. The van der Waals surface area contributed by atoms with Crippen LogP contribution in [0.3, 0.4) is 0 Å². The van der Waals surface area contributed by atoms with Gasteiger partial charge in [0.05, 0.1) is 13.3 Å². The largest absolute Gasteiger partial charge is 0.481 e. The molecule has 3 rings (SSSR count). The molecular weight excluding hydrogens is 476 g/mol. The fourth-order valence-corrected chi connectivity index (χ4v) is 4.97. The standard InChI is InChI=1S/C14H21N5O11P2/c1-3-4-27-10-7(5-28-32(25,26)30-31(22,23)24)29-13(9(10)20)19-6-18(2)8-11(19)16-14(15)17-12(8)21/h1,7,9-10,13,20H,4-6H2,2H3,(H,25,26)(H2,22,23,24)(H3,15,16,17,21)/t7-,9-,10-,13-/m1/s1. The monoisotopic (exact) mass is 497 g/mol. The molecule has 0 spiro atoms. The van der Waals surface area contributed by atoms with Crippen molar-refractivity contribution >= 4 is 33.1 Å². The second kappa shape index (κ2) is 9.08. The van der Waals surface area contributed by atoms with Crippen molar-refractivity contribution in [2.45, 2.75) is 24.5 Å². The van der Waals surface area contributed by atoms with Crippen LogP contribution in [0.2, 0.25) is 0 Å². The lowest BCUT2D eigenvalue weighted by Gasteiger charge is -2.27. The van der Waals surface area contributed by atoms with Gasteiger partial charge in [-0.25, -0.2) is 9.13 Å². The maximum Gasteiger partial charge on any atom is 0.481 e. The highest BCUT2D eigenvalue weighted by molar-refractivity contribution is 7.60. The van der Waals surface area contributed by atoms with Crippen LogP contribution in [-0.2, 0) is 27.4 Å². The molecule has 0 saturated carbocycles. The summed E-state index contributed by atoms with van der Waals surface area (Å²) in [6, 6.07) is 0. The fourth-order valence-electron chi connectivity index (χ4n) is 3.37. The highest BCUT2D eigenvalue weighted by atomic mass is 31.3. The lowest BCUT2D eigenvalue weighted by molar-refractivity contribution is -0.0438. The van der Waals surface area contributed by atoms with E-state index in [0.29, 0.717) is 0 Å². The van der Waals surface area contributed by atoms with Crippen LogP contribution >= 0.6 is 15.6 Å². The number of anilines is 3. The van der Waals surface area contributed by atoms with E-state index in [-0.39, 0.29) is 30.7 Å². The van der Waals surface area contributed by atoms with Crippen molar-refractivity contribution in [3.8, 4) is 12.3 Å². The van der Waals surface area contributed by atoms with Crippen LogP contribution in [0.25, 0.3) is 0 Å². The number of nitrogens with two attached hydrogens (primary N) is 1. The van der Waals surface area contributed by atoms with Crippen molar-refractivity contribution in [2.24, 2.45) is 0 Å². The molecule has 16 nitrogen and oxygen atoms in total. The Balaban J connectivity index is 1.83. The number of aromatic amines is 1. The third-order valence-electron chi connectivity index (χ3n) is 4.50. The van der Waals surface area contributed by atoms with Gasteiger partial charge in [0, 0.05) is 7.05 Å². The molecule has 3 heterocycles. The number of hydrogen-bond donors (Lipinski definition) is 6. The molecule has 0 aliphatic carbocycles. The van der Waals surface area contributed by atoms with Crippen molar-refractivity contribution in [2.75, 3.05) is 42.5 Å². The number of phosphoric acid groups is 2. The minimum absolute atomic E-state index is 0.0613. The summed E-state index contributed by atoms with van der Waals surface area (Å²) in [5, 5.41) is 10.8. The summed E-state index contributed by atoms with van der Waals surface area (Å²) in [6.07, 6.45) is 0.198. The zero-order chi connectivity index (χ0) is 23.8. The molecule has 1 aromatic rings. The minimum Gasteiger partial charge on any atom is -0.386 e. The van der Waals surface area contributed by atoms with Gasteiger partial charge in [0.2, 0.25) is 5.95 Å². The van der Waals surface area contributed by atoms with Crippen LogP contribution in [0.5, 0.6) is 0 Å². The first kappa shape index (κ1) is 24.6. The Kier molecular flexibility index (Phi) is 6.99. The Morgan fingerprint density at radius 1 is 1.41 bits per heavy atom. The first-order valence-corrected chi connectivity index (χ1v) is 11.9. The second-order valence-corrected chi connectivity index (χ2v) is 9.63.